The van der Waals surface area contributed by atoms with Crippen molar-refractivity contribution < 1.29 is 17.9 Å². The summed E-state index contributed by atoms with van der Waals surface area (Å²) in [6, 6.07) is 14.5. The van der Waals surface area contributed by atoms with Gasteiger partial charge in [-0.2, -0.15) is 9.57 Å². The number of benzene rings is 2. The number of anilines is 1. The Bertz CT molecular complexity index is 1160. The van der Waals surface area contributed by atoms with Crippen LogP contribution in [0.3, 0.4) is 0 Å². The molecule has 1 unspecified atom stereocenters. The lowest BCUT2D eigenvalue weighted by atomic mass is 9.97. The van der Waals surface area contributed by atoms with Crippen LogP contribution in [0.25, 0.3) is 0 Å². The van der Waals surface area contributed by atoms with E-state index in [9.17, 15) is 18.5 Å². The van der Waals surface area contributed by atoms with Gasteiger partial charge in [0.2, 0.25) is 15.9 Å². The highest BCUT2D eigenvalue weighted by Gasteiger charge is 2.44. The molecule has 7 nitrogen and oxygen atoms in total. The van der Waals surface area contributed by atoms with Gasteiger partial charge in [0.25, 0.3) is 0 Å². The van der Waals surface area contributed by atoms with Crippen LogP contribution in [0, 0.1) is 24.2 Å². The van der Waals surface area contributed by atoms with Crippen LogP contribution >= 0.6 is 0 Å². The number of aryl methyl sites for hydroxylation is 1. The molecule has 0 radical (unpaired) electrons. The maximum absolute atomic E-state index is 13.2. The van der Waals surface area contributed by atoms with Crippen LogP contribution in [-0.4, -0.2) is 38.8 Å². The fourth-order valence-corrected chi connectivity index (χ4v) is 5.85. The number of ether oxygens (including phenoxy) is 1. The summed E-state index contributed by atoms with van der Waals surface area (Å²) in [6.07, 6.45) is 3.00. The van der Waals surface area contributed by atoms with Gasteiger partial charge in [0.05, 0.1) is 29.4 Å². The molecule has 0 spiro atoms. The second kappa shape index (κ2) is 8.57. The number of carbonyl (C=O) groups excluding carboxylic acids is 1. The molecule has 2 aromatic carbocycles. The van der Waals surface area contributed by atoms with Crippen molar-refractivity contribution in [1.82, 2.24) is 4.31 Å². The third kappa shape index (κ3) is 4.23. The van der Waals surface area contributed by atoms with Crippen LogP contribution in [0.2, 0.25) is 0 Å². The Morgan fingerprint density at radius 1 is 1.22 bits per heavy atom. The normalized spacial score (nSPS) is 20.2. The van der Waals surface area contributed by atoms with E-state index in [2.05, 4.69) is 11.4 Å². The molecule has 4 rings (SSSR count). The van der Waals surface area contributed by atoms with Gasteiger partial charge in [-0.05, 0) is 74.1 Å². The zero-order valence-corrected chi connectivity index (χ0v) is 19.1. The number of hydrogen-bond donors (Lipinski definition) is 1. The number of methoxy groups -OCH3 is 1. The van der Waals surface area contributed by atoms with Gasteiger partial charge in [-0.3, -0.25) is 4.79 Å². The molecular weight excluding hydrogens is 426 g/mol. The van der Waals surface area contributed by atoms with Gasteiger partial charge in [0.15, 0.2) is 0 Å². The van der Waals surface area contributed by atoms with Gasteiger partial charge < -0.3 is 10.1 Å². The van der Waals surface area contributed by atoms with Crippen molar-refractivity contribution in [2.75, 3.05) is 25.5 Å². The molecule has 0 aromatic heterocycles. The number of piperidine rings is 1. The molecule has 168 valence electrons. The molecule has 0 bridgehead atoms. The van der Waals surface area contributed by atoms with Gasteiger partial charge in [-0.1, -0.05) is 12.1 Å². The molecule has 1 aliphatic carbocycles. The predicted molar refractivity (Wildman–Crippen MR) is 121 cm³/mol. The Labute approximate surface area is 189 Å². The minimum Gasteiger partial charge on any atom is -0.496 e. The third-order valence-electron chi connectivity index (χ3n) is 6.43. The van der Waals surface area contributed by atoms with Gasteiger partial charge in [0, 0.05) is 18.8 Å². The molecule has 1 saturated heterocycles. The molecule has 1 N–H and O–H groups in total. The molecular formula is C24H27N3O4S. The fraction of sp³-hybridized carbons (Fsp3) is 0.417. The topological polar surface area (TPSA) is 99.5 Å². The third-order valence-corrected chi connectivity index (χ3v) is 8.29. The molecule has 1 atom stereocenters. The quantitative estimate of drug-likeness (QED) is 0.720. The average Bonchev–Trinajstić information content (AvgIpc) is 3.61. The Kier molecular flexibility index (Phi) is 5.97. The van der Waals surface area contributed by atoms with E-state index in [-0.39, 0.29) is 22.8 Å². The Morgan fingerprint density at radius 3 is 2.53 bits per heavy atom. The average molecular weight is 454 g/mol. The number of sulfonamides is 1. The van der Waals surface area contributed by atoms with Crippen LogP contribution in [0.4, 0.5) is 5.69 Å². The first-order chi connectivity index (χ1) is 15.3. The number of rotatable bonds is 6. The molecule has 32 heavy (non-hydrogen) atoms. The van der Waals surface area contributed by atoms with Crippen LogP contribution in [-0.2, 0) is 20.2 Å². The lowest BCUT2D eigenvalue weighted by molar-refractivity contribution is -0.120. The Hall–Kier alpha value is -2.89. The van der Waals surface area contributed by atoms with E-state index in [1.54, 1.807) is 32.2 Å². The Balaban J connectivity index is 1.43. The lowest BCUT2D eigenvalue weighted by Gasteiger charge is -2.31. The van der Waals surface area contributed by atoms with Crippen LogP contribution < -0.4 is 10.1 Å². The SMILES string of the molecule is COc1ccc(S(=O)(=O)N2CCCC(C(=O)Nc3ccc(C4(C#N)CC4)cc3)C2)cc1C. The first-order valence-corrected chi connectivity index (χ1v) is 12.2. The second-order valence-electron chi connectivity index (χ2n) is 8.59. The van der Waals surface area contributed by atoms with Crippen molar-refractivity contribution in [3.05, 3.63) is 53.6 Å². The van der Waals surface area contributed by atoms with E-state index in [0.717, 1.165) is 24.0 Å². The molecule has 2 aromatic rings. The van der Waals surface area contributed by atoms with Crippen LogP contribution in [0.1, 0.15) is 36.8 Å². The van der Waals surface area contributed by atoms with Gasteiger partial charge in [0.1, 0.15) is 5.75 Å². The molecule has 1 amide bonds. The second-order valence-corrected chi connectivity index (χ2v) is 10.5. The maximum atomic E-state index is 13.2. The fourth-order valence-electron chi connectivity index (χ4n) is 4.24. The van der Waals surface area contributed by atoms with Crippen molar-refractivity contribution in [1.29, 1.82) is 5.26 Å². The van der Waals surface area contributed by atoms with E-state index < -0.39 is 15.9 Å². The summed E-state index contributed by atoms with van der Waals surface area (Å²) >= 11 is 0. The van der Waals surface area contributed by atoms with Crippen LogP contribution in [0.5, 0.6) is 5.75 Å². The highest BCUT2D eigenvalue weighted by Crippen LogP contribution is 2.47. The summed E-state index contributed by atoms with van der Waals surface area (Å²) in [6.45, 7) is 2.34. The zero-order chi connectivity index (χ0) is 22.9. The largest absolute Gasteiger partial charge is 0.496 e. The van der Waals surface area contributed by atoms with E-state index >= 15 is 0 Å². The maximum Gasteiger partial charge on any atom is 0.243 e. The van der Waals surface area contributed by atoms with Crippen molar-refractivity contribution in [2.24, 2.45) is 5.92 Å². The zero-order valence-electron chi connectivity index (χ0n) is 18.3. The summed E-state index contributed by atoms with van der Waals surface area (Å²) in [5, 5.41) is 12.2. The summed E-state index contributed by atoms with van der Waals surface area (Å²) in [4.78, 5) is 13.1. The van der Waals surface area contributed by atoms with Crippen LogP contribution in [0.15, 0.2) is 47.4 Å². The Morgan fingerprint density at radius 2 is 1.94 bits per heavy atom. The number of nitrogens with one attached hydrogen (secondary N) is 1. The van der Waals surface area contributed by atoms with E-state index in [1.165, 1.54) is 4.31 Å². The smallest absolute Gasteiger partial charge is 0.243 e. The van der Waals surface area contributed by atoms with Crippen molar-refractivity contribution in [3.63, 3.8) is 0 Å². The van der Waals surface area contributed by atoms with Gasteiger partial charge in [-0.25, -0.2) is 8.42 Å². The molecule has 8 heteroatoms. The number of nitrogens with zero attached hydrogens (tertiary/aromatic N) is 2. The van der Waals surface area contributed by atoms with E-state index in [0.29, 0.717) is 30.8 Å². The van der Waals surface area contributed by atoms with Crippen molar-refractivity contribution in [3.8, 4) is 11.8 Å². The van der Waals surface area contributed by atoms with Crippen molar-refractivity contribution >= 4 is 21.6 Å². The van der Waals surface area contributed by atoms with Gasteiger partial charge >= 0.3 is 0 Å². The highest BCUT2D eigenvalue weighted by molar-refractivity contribution is 7.89. The summed E-state index contributed by atoms with van der Waals surface area (Å²) in [7, 11) is -2.15. The van der Waals surface area contributed by atoms with E-state index in [4.69, 9.17) is 4.74 Å². The first-order valence-electron chi connectivity index (χ1n) is 10.8. The highest BCUT2D eigenvalue weighted by atomic mass is 32.2. The summed E-state index contributed by atoms with van der Waals surface area (Å²) in [5.41, 5.74) is 2.01. The van der Waals surface area contributed by atoms with Gasteiger partial charge in [-0.15, -0.1) is 0 Å². The van der Waals surface area contributed by atoms with Crippen molar-refractivity contribution in [2.45, 2.75) is 42.9 Å². The summed E-state index contributed by atoms with van der Waals surface area (Å²) in [5.74, 6) is 0.0182. The standard InChI is InChI=1S/C24H27N3O4S/c1-17-14-21(9-10-22(17)31-2)32(29,30)27-13-3-4-18(15-27)23(28)26-20-7-5-19(6-8-20)24(16-25)11-12-24/h5-10,14,18H,3-4,11-13,15H2,1-2H3,(H,26,28). The monoisotopic (exact) mass is 453 g/mol. The molecule has 2 aliphatic rings. The predicted octanol–water partition coefficient (Wildman–Crippen LogP) is 3.60. The minimum absolute atomic E-state index is 0.148. The molecule has 2 fully saturated rings. The molecule has 1 heterocycles. The molecule has 1 saturated carbocycles. The number of nitriles is 1. The first kappa shape index (κ1) is 22.3. The molecule has 1 aliphatic heterocycles. The minimum atomic E-state index is -3.70. The number of amides is 1. The number of carbonyl (C=O) groups is 1. The number of hydrogen-bond acceptors (Lipinski definition) is 5. The lowest BCUT2D eigenvalue weighted by Crippen LogP contribution is -2.43. The summed E-state index contributed by atoms with van der Waals surface area (Å²) < 4.78 is 32.9. The van der Waals surface area contributed by atoms with E-state index in [1.807, 2.05) is 24.3 Å².